The number of aromatic nitrogens is 4. The van der Waals surface area contributed by atoms with Gasteiger partial charge in [-0.05, 0) is 24.3 Å². The van der Waals surface area contributed by atoms with Gasteiger partial charge in [0.2, 0.25) is 5.82 Å². The number of hydrogen-bond donors (Lipinski definition) is 0. The summed E-state index contributed by atoms with van der Waals surface area (Å²) >= 11 is 0. The monoisotopic (exact) mass is 397 g/mol. The first-order valence-electron chi connectivity index (χ1n) is 7.22. The summed E-state index contributed by atoms with van der Waals surface area (Å²) in [7, 11) is -3.06. The molecule has 0 saturated heterocycles. The summed E-state index contributed by atoms with van der Waals surface area (Å²) in [6.45, 7) is 0. The van der Waals surface area contributed by atoms with Crippen LogP contribution in [-0.2, 0) is 15.9 Å². The number of halogens is 3. The van der Waals surface area contributed by atoms with Crippen molar-refractivity contribution in [3.63, 3.8) is 0 Å². The Morgan fingerprint density at radius 3 is 2.52 bits per heavy atom. The Balaban J connectivity index is 1.85. The second kappa shape index (κ2) is 6.87. The Hall–Kier alpha value is -3.15. The van der Waals surface area contributed by atoms with Crippen LogP contribution in [0.15, 0.2) is 56.6 Å². The van der Waals surface area contributed by atoms with E-state index < -0.39 is 27.7 Å². The van der Waals surface area contributed by atoms with Crippen molar-refractivity contribution in [3.05, 3.63) is 54.2 Å². The zero-order valence-electron chi connectivity index (χ0n) is 13.5. The molecule has 0 bridgehead atoms. The molecule has 0 aliphatic carbocycles. The SMILES string of the molecule is CS(=O)(=NC(=O)c1ccc(-c2noc(C(F)(F)F)n2)nc1)c1ccccn1. The molecule has 0 radical (unpaired) electrons. The van der Waals surface area contributed by atoms with E-state index in [0.29, 0.717) is 0 Å². The van der Waals surface area contributed by atoms with E-state index in [1.807, 2.05) is 0 Å². The molecule has 0 N–H and O–H groups in total. The molecule has 12 heteroatoms. The molecule has 3 aromatic heterocycles. The first kappa shape index (κ1) is 18.6. The molecular weight excluding hydrogens is 387 g/mol. The van der Waals surface area contributed by atoms with E-state index >= 15 is 0 Å². The van der Waals surface area contributed by atoms with Gasteiger partial charge in [0.1, 0.15) is 10.7 Å². The molecule has 1 unspecified atom stereocenters. The molecule has 0 aromatic carbocycles. The maximum absolute atomic E-state index is 12.5. The molecule has 8 nitrogen and oxygen atoms in total. The molecule has 0 saturated carbocycles. The Kier molecular flexibility index (Phi) is 4.74. The lowest BCUT2D eigenvalue weighted by atomic mass is 10.2. The van der Waals surface area contributed by atoms with Gasteiger partial charge in [-0.3, -0.25) is 9.78 Å². The van der Waals surface area contributed by atoms with Crippen LogP contribution in [0.4, 0.5) is 13.2 Å². The largest absolute Gasteiger partial charge is 0.471 e. The van der Waals surface area contributed by atoms with Gasteiger partial charge in [0.05, 0.1) is 15.3 Å². The first-order chi connectivity index (χ1) is 12.7. The molecule has 1 amide bonds. The zero-order valence-corrected chi connectivity index (χ0v) is 14.4. The van der Waals surface area contributed by atoms with Gasteiger partial charge in [-0.15, -0.1) is 0 Å². The molecule has 27 heavy (non-hydrogen) atoms. The molecule has 3 rings (SSSR count). The number of carbonyl (C=O) groups excluding carboxylic acids is 1. The van der Waals surface area contributed by atoms with Gasteiger partial charge in [-0.2, -0.15) is 22.5 Å². The maximum atomic E-state index is 12.5. The van der Waals surface area contributed by atoms with Crippen LogP contribution in [0, 0.1) is 0 Å². The Bertz CT molecular complexity index is 1090. The van der Waals surface area contributed by atoms with Gasteiger partial charge in [-0.1, -0.05) is 11.2 Å². The lowest BCUT2D eigenvalue weighted by Crippen LogP contribution is -2.06. The molecule has 3 aromatic rings. The predicted octanol–water partition coefficient (Wildman–Crippen LogP) is 2.84. The van der Waals surface area contributed by atoms with Crippen molar-refractivity contribution in [3.8, 4) is 11.5 Å². The lowest BCUT2D eigenvalue weighted by Gasteiger charge is -2.02. The van der Waals surface area contributed by atoms with E-state index in [9.17, 15) is 22.2 Å². The second-order valence-corrected chi connectivity index (χ2v) is 7.43. The third-order valence-electron chi connectivity index (χ3n) is 3.19. The molecule has 3 heterocycles. The number of pyridine rings is 2. The fourth-order valence-corrected chi connectivity index (χ4v) is 3.03. The number of amides is 1. The van der Waals surface area contributed by atoms with Crippen LogP contribution < -0.4 is 0 Å². The lowest BCUT2D eigenvalue weighted by molar-refractivity contribution is -0.159. The summed E-state index contributed by atoms with van der Waals surface area (Å²) in [5, 5.41) is 3.34. The third-order valence-corrected chi connectivity index (χ3v) is 4.72. The van der Waals surface area contributed by atoms with Crippen LogP contribution in [0.5, 0.6) is 0 Å². The normalized spacial score (nSPS) is 13.8. The van der Waals surface area contributed by atoms with Gasteiger partial charge < -0.3 is 4.52 Å². The molecule has 0 aliphatic rings. The fraction of sp³-hybridized carbons (Fsp3) is 0.133. The van der Waals surface area contributed by atoms with E-state index in [1.165, 1.54) is 30.7 Å². The Morgan fingerprint density at radius 2 is 1.96 bits per heavy atom. The number of hydrogen-bond acceptors (Lipinski definition) is 7. The topological polar surface area (TPSA) is 111 Å². The predicted molar refractivity (Wildman–Crippen MR) is 85.9 cm³/mol. The first-order valence-corrected chi connectivity index (χ1v) is 9.14. The van der Waals surface area contributed by atoms with Crippen molar-refractivity contribution >= 4 is 15.6 Å². The standard InChI is InChI=1S/C15H10F3N5O3S/c1-27(25,11-4-2-3-7-19-11)23-13(24)9-5-6-10(20-8-9)12-21-14(26-22-12)15(16,17)18/h2-8H,1H3. The average Bonchev–Trinajstić information content (AvgIpc) is 3.13. The molecule has 0 fully saturated rings. The van der Waals surface area contributed by atoms with E-state index in [0.717, 1.165) is 6.20 Å². The van der Waals surface area contributed by atoms with Crippen molar-refractivity contribution in [2.75, 3.05) is 6.26 Å². The van der Waals surface area contributed by atoms with E-state index in [2.05, 4.69) is 29.0 Å². The van der Waals surface area contributed by atoms with Gasteiger partial charge >= 0.3 is 12.1 Å². The van der Waals surface area contributed by atoms with Crippen molar-refractivity contribution in [1.29, 1.82) is 0 Å². The third kappa shape index (κ3) is 4.16. The molecule has 140 valence electrons. The summed E-state index contributed by atoms with van der Waals surface area (Å²) in [6, 6.07) is 7.21. The molecule has 0 aliphatic heterocycles. The van der Waals surface area contributed by atoms with Crippen LogP contribution in [0.3, 0.4) is 0 Å². The van der Waals surface area contributed by atoms with Crippen LogP contribution in [0.25, 0.3) is 11.5 Å². The van der Waals surface area contributed by atoms with Gasteiger partial charge in [-0.25, -0.2) is 9.19 Å². The van der Waals surface area contributed by atoms with Crippen LogP contribution in [0.1, 0.15) is 16.2 Å². The highest BCUT2D eigenvalue weighted by Crippen LogP contribution is 2.28. The van der Waals surface area contributed by atoms with Gasteiger partial charge in [0, 0.05) is 18.6 Å². The van der Waals surface area contributed by atoms with Crippen molar-refractivity contribution in [2.45, 2.75) is 11.2 Å². The molecule has 1 atom stereocenters. The number of alkyl halides is 3. The van der Waals surface area contributed by atoms with Gasteiger partial charge in [0.25, 0.3) is 5.91 Å². The summed E-state index contributed by atoms with van der Waals surface area (Å²) in [5.74, 6) is -2.70. The average molecular weight is 397 g/mol. The fourth-order valence-electron chi connectivity index (χ4n) is 1.92. The highest BCUT2D eigenvalue weighted by atomic mass is 32.2. The number of carbonyl (C=O) groups is 1. The second-order valence-electron chi connectivity index (χ2n) is 5.22. The quantitative estimate of drug-likeness (QED) is 0.668. The van der Waals surface area contributed by atoms with Gasteiger partial charge in [0.15, 0.2) is 0 Å². The summed E-state index contributed by atoms with van der Waals surface area (Å²) in [5.41, 5.74) is -0.0449. The van der Waals surface area contributed by atoms with Crippen LogP contribution in [0.2, 0.25) is 0 Å². The summed E-state index contributed by atoms with van der Waals surface area (Å²) in [6.07, 6.45) is -1.01. The van der Waals surface area contributed by atoms with Crippen molar-refractivity contribution in [2.24, 2.45) is 4.36 Å². The van der Waals surface area contributed by atoms with E-state index in [4.69, 9.17) is 0 Å². The number of rotatable bonds is 3. The Labute approximate surface area is 150 Å². The van der Waals surface area contributed by atoms with Crippen LogP contribution >= 0.6 is 0 Å². The minimum atomic E-state index is -4.77. The van der Waals surface area contributed by atoms with Crippen molar-refractivity contribution in [1.82, 2.24) is 20.1 Å². The highest BCUT2D eigenvalue weighted by Gasteiger charge is 2.38. The summed E-state index contributed by atoms with van der Waals surface area (Å²) in [4.78, 5) is 23.1. The summed E-state index contributed by atoms with van der Waals surface area (Å²) < 4.78 is 57.8. The zero-order chi connectivity index (χ0) is 19.7. The molecular formula is C15H10F3N5O3S. The number of nitrogens with zero attached hydrogens (tertiary/aromatic N) is 5. The maximum Gasteiger partial charge on any atom is 0.471 e. The molecule has 0 spiro atoms. The van der Waals surface area contributed by atoms with Crippen LogP contribution in [-0.4, -0.2) is 36.5 Å². The Morgan fingerprint density at radius 1 is 1.19 bits per heavy atom. The minimum Gasteiger partial charge on any atom is -0.329 e. The van der Waals surface area contributed by atoms with E-state index in [-0.39, 0.29) is 22.1 Å². The van der Waals surface area contributed by atoms with Crippen molar-refractivity contribution < 1.29 is 26.7 Å². The minimum absolute atomic E-state index is 0.0104. The highest BCUT2D eigenvalue weighted by molar-refractivity contribution is 7.93. The van der Waals surface area contributed by atoms with E-state index in [1.54, 1.807) is 12.1 Å². The smallest absolute Gasteiger partial charge is 0.329 e.